The van der Waals surface area contributed by atoms with Gasteiger partial charge in [0.2, 0.25) is 10.0 Å². The van der Waals surface area contributed by atoms with Crippen LogP contribution in [0.2, 0.25) is 0 Å². The van der Waals surface area contributed by atoms with Crippen molar-refractivity contribution in [2.75, 3.05) is 40.0 Å². The summed E-state index contributed by atoms with van der Waals surface area (Å²) in [6.07, 6.45) is 19.0. The molecule has 0 aliphatic carbocycles. The maximum Gasteiger partial charge on any atom is 0.211 e. The Morgan fingerprint density at radius 2 is 1.04 bits per heavy atom. The molecule has 172 valence electrons. The van der Waals surface area contributed by atoms with Crippen molar-refractivity contribution < 1.29 is 36.9 Å². The minimum absolute atomic E-state index is 0. The molecular weight excluding hydrogens is 483 g/mol. The summed E-state index contributed by atoms with van der Waals surface area (Å²) in [5.41, 5.74) is 0. The zero-order valence-electron chi connectivity index (χ0n) is 19.3. The first-order valence-electron chi connectivity index (χ1n) is 11.5. The van der Waals surface area contributed by atoms with E-state index >= 15 is 0 Å². The van der Waals surface area contributed by atoms with E-state index in [1.165, 1.54) is 77.0 Å². The first-order valence-corrected chi connectivity index (χ1v) is 13.2. The Balaban J connectivity index is 0. The zero-order chi connectivity index (χ0) is 20.4. The van der Waals surface area contributed by atoms with Gasteiger partial charge in [-0.2, -0.15) is 0 Å². The van der Waals surface area contributed by atoms with Crippen molar-refractivity contribution in [1.82, 2.24) is 4.72 Å². The Kier molecular flexibility index (Phi) is 21.5. The molecule has 0 aromatic heterocycles. The quantitative estimate of drug-likeness (QED) is 0.149. The minimum Gasteiger partial charge on any atom is -1.00 e. The Hall–Kier alpha value is 0.600. The van der Waals surface area contributed by atoms with E-state index in [4.69, 9.17) is 0 Å². The summed E-state index contributed by atoms with van der Waals surface area (Å²) >= 11 is 0. The number of nitrogens with one attached hydrogen (secondary N) is 1. The SMILES string of the molecule is CCCCCCCCCCCCCCCCS(=O)(=O)NCCC[N+](C)(C)C.[I-]. The van der Waals surface area contributed by atoms with Crippen LogP contribution in [0.1, 0.15) is 103 Å². The van der Waals surface area contributed by atoms with Gasteiger partial charge in [-0.05, 0) is 6.42 Å². The summed E-state index contributed by atoms with van der Waals surface area (Å²) in [6.45, 7) is 3.82. The van der Waals surface area contributed by atoms with Crippen LogP contribution in [0.15, 0.2) is 0 Å². The molecule has 28 heavy (non-hydrogen) atoms. The molecule has 0 bridgehead atoms. The van der Waals surface area contributed by atoms with Gasteiger partial charge in [-0.3, -0.25) is 0 Å². The molecule has 6 heteroatoms. The third kappa shape index (κ3) is 24.6. The average molecular weight is 533 g/mol. The van der Waals surface area contributed by atoms with E-state index in [0.29, 0.717) is 6.54 Å². The number of hydrogen-bond donors (Lipinski definition) is 1. The van der Waals surface area contributed by atoms with Gasteiger partial charge >= 0.3 is 0 Å². The van der Waals surface area contributed by atoms with Crippen LogP contribution in [-0.2, 0) is 10.0 Å². The number of quaternary nitrogens is 1. The number of hydrogen-bond acceptors (Lipinski definition) is 2. The van der Waals surface area contributed by atoms with E-state index in [1.54, 1.807) is 0 Å². The lowest BCUT2D eigenvalue weighted by Gasteiger charge is -2.23. The van der Waals surface area contributed by atoms with Gasteiger partial charge in [0.05, 0.1) is 33.4 Å². The van der Waals surface area contributed by atoms with Crippen molar-refractivity contribution in [1.29, 1.82) is 0 Å². The monoisotopic (exact) mass is 532 g/mol. The van der Waals surface area contributed by atoms with Crippen LogP contribution >= 0.6 is 0 Å². The number of nitrogens with zero attached hydrogens (tertiary/aromatic N) is 1. The fourth-order valence-electron chi connectivity index (χ4n) is 3.34. The molecule has 0 aromatic carbocycles. The topological polar surface area (TPSA) is 46.2 Å². The van der Waals surface area contributed by atoms with Crippen LogP contribution < -0.4 is 28.7 Å². The summed E-state index contributed by atoms with van der Waals surface area (Å²) in [6, 6.07) is 0. The van der Waals surface area contributed by atoms with Crippen LogP contribution in [0, 0.1) is 0 Å². The maximum atomic E-state index is 12.0. The molecule has 0 fully saturated rings. The van der Waals surface area contributed by atoms with Gasteiger partial charge in [0.25, 0.3) is 0 Å². The summed E-state index contributed by atoms with van der Waals surface area (Å²) in [5, 5.41) is 0. The average Bonchev–Trinajstić information content (AvgIpc) is 2.58. The van der Waals surface area contributed by atoms with E-state index in [-0.39, 0.29) is 29.7 Å². The Morgan fingerprint density at radius 3 is 1.43 bits per heavy atom. The smallest absolute Gasteiger partial charge is 0.211 e. The molecule has 0 heterocycles. The first kappa shape index (κ1) is 30.8. The van der Waals surface area contributed by atoms with E-state index in [9.17, 15) is 8.42 Å². The number of halogens is 1. The standard InChI is InChI=1S/C22H49N2O2S.HI/c1-5-6-7-8-9-10-11-12-13-14-15-16-17-18-22-27(25,26)23-20-19-21-24(2,3)4;/h23H,5-22H2,1-4H3;1H/q+1;/p-1. The summed E-state index contributed by atoms with van der Waals surface area (Å²) in [5.74, 6) is 0.287. The van der Waals surface area contributed by atoms with Crippen molar-refractivity contribution in [2.45, 2.75) is 103 Å². The summed E-state index contributed by atoms with van der Waals surface area (Å²) in [7, 11) is 3.31. The van der Waals surface area contributed by atoms with Crippen molar-refractivity contribution >= 4 is 10.0 Å². The van der Waals surface area contributed by atoms with E-state index in [1.807, 2.05) is 0 Å². The molecule has 0 atom stereocenters. The van der Waals surface area contributed by atoms with Crippen LogP contribution in [0.5, 0.6) is 0 Å². The maximum absolute atomic E-state index is 12.0. The molecule has 0 rings (SSSR count). The minimum atomic E-state index is -3.07. The van der Waals surface area contributed by atoms with Gasteiger partial charge in [0.1, 0.15) is 0 Å². The number of sulfonamides is 1. The Bertz CT molecular complexity index is 423. The number of rotatable bonds is 20. The largest absolute Gasteiger partial charge is 1.00 e. The predicted molar refractivity (Wildman–Crippen MR) is 120 cm³/mol. The van der Waals surface area contributed by atoms with Crippen LogP contribution in [0.25, 0.3) is 0 Å². The van der Waals surface area contributed by atoms with Gasteiger partial charge in [0, 0.05) is 13.0 Å². The lowest BCUT2D eigenvalue weighted by Crippen LogP contribution is -3.00. The van der Waals surface area contributed by atoms with Crippen molar-refractivity contribution in [3.63, 3.8) is 0 Å². The lowest BCUT2D eigenvalue weighted by molar-refractivity contribution is -0.870. The van der Waals surface area contributed by atoms with Gasteiger partial charge in [0.15, 0.2) is 0 Å². The molecule has 4 nitrogen and oxygen atoms in total. The molecule has 0 radical (unpaired) electrons. The van der Waals surface area contributed by atoms with Crippen molar-refractivity contribution in [2.24, 2.45) is 0 Å². The van der Waals surface area contributed by atoms with E-state index < -0.39 is 10.0 Å². The van der Waals surface area contributed by atoms with Gasteiger partial charge in [-0.1, -0.05) is 90.4 Å². The van der Waals surface area contributed by atoms with Gasteiger partial charge < -0.3 is 28.5 Å². The third-order valence-corrected chi connectivity index (χ3v) is 6.56. The van der Waals surface area contributed by atoms with Gasteiger partial charge in [-0.15, -0.1) is 0 Å². The first-order chi connectivity index (χ1) is 12.8. The molecule has 0 spiro atoms. The Labute approximate surface area is 194 Å². The second-order valence-corrected chi connectivity index (χ2v) is 11.1. The molecule has 0 aliphatic heterocycles. The molecule has 0 aromatic rings. The second-order valence-electron chi connectivity index (χ2n) is 9.18. The highest BCUT2D eigenvalue weighted by Gasteiger charge is 2.11. The fraction of sp³-hybridized carbons (Fsp3) is 1.00. The zero-order valence-corrected chi connectivity index (χ0v) is 22.3. The van der Waals surface area contributed by atoms with Crippen LogP contribution in [0.3, 0.4) is 0 Å². The normalized spacial score (nSPS) is 12.1. The van der Waals surface area contributed by atoms with Gasteiger partial charge in [-0.25, -0.2) is 13.1 Å². The molecular formula is C22H49IN2O2S. The lowest BCUT2D eigenvalue weighted by atomic mass is 10.0. The van der Waals surface area contributed by atoms with Crippen molar-refractivity contribution in [3.8, 4) is 0 Å². The molecule has 0 saturated heterocycles. The van der Waals surface area contributed by atoms with Crippen LogP contribution in [0.4, 0.5) is 0 Å². The third-order valence-electron chi connectivity index (χ3n) is 5.09. The van der Waals surface area contributed by atoms with Crippen molar-refractivity contribution in [3.05, 3.63) is 0 Å². The predicted octanol–water partition coefficient (Wildman–Crippen LogP) is 2.49. The molecule has 0 saturated carbocycles. The van der Waals surface area contributed by atoms with Crippen LogP contribution in [-0.4, -0.2) is 52.9 Å². The highest BCUT2D eigenvalue weighted by molar-refractivity contribution is 7.89. The van der Waals surface area contributed by atoms with E-state index in [0.717, 1.165) is 30.3 Å². The van der Waals surface area contributed by atoms with E-state index in [2.05, 4.69) is 32.8 Å². The molecule has 0 aliphatic rings. The molecule has 0 unspecified atom stereocenters. The fourth-order valence-corrected chi connectivity index (χ4v) is 4.52. The highest BCUT2D eigenvalue weighted by atomic mass is 127. The molecule has 1 N–H and O–H groups in total. The summed E-state index contributed by atoms with van der Waals surface area (Å²) < 4.78 is 27.5. The number of unbranched alkanes of at least 4 members (excludes halogenated alkanes) is 13. The highest BCUT2D eigenvalue weighted by Crippen LogP contribution is 2.13. The summed E-state index contributed by atoms with van der Waals surface area (Å²) in [4.78, 5) is 0. The second kappa shape index (κ2) is 19.6. The molecule has 0 amide bonds. The Morgan fingerprint density at radius 1 is 0.643 bits per heavy atom.